The van der Waals surface area contributed by atoms with E-state index in [9.17, 15) is 36.6 Å². The number of anilines is 1. The number of nitrogens with one attached hydrogen (secondary N) is 2. The van der Waals surface area contributed by atoms with Crippen LogP contribution in [-0.4, -0.2) is 35.8 Å². The van der Waals surface area contributed by atoms with Gasteiger partial charge in [-0.25, -0.2) is 13.6 Å². The molecule has 4 rings (SSSR count). The zero-order valence-electron chi connectivity index (χ0n) is 20.1. The van der Waals surface area contributed by atoms with Gasteiger partial charge in [-0.15, -0.1) is 0 Å². The summed E-state index contributed by atoms with van der Waals surface area (Å²) in [4.78, 5) is 24.7. The van der Waals surface area contributed by atoms with Crippen LogP contribution in [0.2, 0.25) is 0 Å². The topological polar surface area (TPSA) is 87.7 Å². The first-order valence-electron chi connectivity index (χ1n) is 11.8. The van der Waals surface area contributed by atoms with Crippen molar-refractivity contribution in [1.82, 2.24) is 5.32 Å². The molecule has 0 aromatic heterocycles. The molecule has 1 aliphatic rings. The smallest absolute Gasteiger partial charge is 0.412 e. The van der Waals surface area contributed by atoms with E-state index in [1.807, 2.05) is 0 Å². The molecule has 1 amide bonds. The van der Waals surface area contributed by atoms with Crippen molar-refractivity contribution in [2.24, 2.45) is 0 Å². The van der Waals surface area contributed by atoms with Gasteiger partial charge in [-0.05, 0) is 63.7 Å². The fourth-order valence-corrected chi connectivity index (χ4v) is 4.86. The summed E-state index contributed by atoms with van der Waals surface area (Å²) in [6.07, 6.45) is -3.66. The Kier molecular flexibility index (Phi) is 8.43. The molecule has 12 heteroatoms. The van der Waals surface area contributed by atoms with Crippen molar-refractivity contribution < 1.29 is 41.4 Å². The molecule has 3 aromatic rings. The summed E-state index contributed by atoms with van der Waals surface area (Å²) >= 11 is 3.38. The first-order valence-corrected chi connectivity index (χ1v) is 12.6. The van der Waals surface area contributed by atoms with Crippen molar-refractivity contribution in [3.05, 3.63) is 93.0 Å². The maximum Gasteiger partial charge on any atom is 0.412 e. The maximum atomic E-state index is 14.9. The van der Waals surface area contributed by atoms with E-state index in [2.05, 4.69) is 26.6 Å². The third kappa shape index (κ3) is 6.49. The Labute approximate surface area is 228 Å². The molecule has 6 nitrogen and oxygen atoms in total. The van der Waals surface area contributed by atoms with Gasteiger partial charge in [0.15, 0.2) is 0 Å². The van der Waals surface area contributed by atoms with Crippen LogP contribution in [0.15, 0.2) is 59.1 Å². The van der Waals surface area contributed by atoms with Crippen LogP contribution in [0.4, 0.5) is 27.6 Å². The van der Waals surface area contributed by atoms with E-state index in [0.29, 0.717) is 47.4 Å². The molecule has 0 saturated carbocycles. The first kappa shape index (κ1) is 28.3. The van der Waals surface area contributed by atoms with E-state index in [1.54, 1.807) is 12.1 Å². The van der Waals surface area contributed by atoms with Crippen LogP contribution in [0.5, 0.6) is 5.75 Å². The SMILES string of the molecule is O=C(NC(Cc1ccc(Br)c2c1CCCO2)C(=O)O)c1c(F)cc(NC(c2ccccc2)C(F)(F)F)cc1F. The van der Waals surface area contributed by atoms with E-state index in [0.717, 1.165) is 5.56 Å². The quantitative estimate of drug-likeness (QED) is 0.264. The zero-order chi connectivity index (χ0) is 28.3. The monoisotopic (exact) mass is 612 g/mol. The van der Waals surface area contributed by atoms with Gasteiger partial charge in [-0.2, -0.15) is 13.2 Å². The molecular weight excluding hydrogens is 591 g/mol. The molecule has 1 aliphatic heterocycles. The number of carboxylic acids is 1. The summed E-state index contributed by atoms with van der Waals surface area (Å²) in [7, 11) is 0. The zero-order valence-corrected chi connectivity index (χ0v) is 21.7. The molecule has 3 aromatic carbocycles. The van der Waals surface area contributed by atoms with E-state index < -0.39 is 53.0 Å². The second-order valence-corrected chi connectivity index (χ2v) is 9.73. The predicted molar refractivity (Wildman–Crippen MR) is 136 cm³/mol. The Bertz CT molecular complexity index is 1360. The largest absolute Gasteiger partial charge is 0.492 e. The molecule has 0 spiro atoms. The molecule has 0 fully saturated rings. The van der Waals surface area contributed by atoms with Crippen molar-refractivity contribution in [2.75, 3.05) is 11.9 Å². The predicted octanol–water partition coefficient (Wildman–Crippen LogP) is 6.19. The molecule has 0 saturated heterocycles. The molecule has 1 heterocycles. The van der Waals surface area contributed by atoms with Crippen LogP contribution in [0, 0.1) is 11.6 Å². The summed E-state index contributed by atoms with van der Waals surface area (Å²) in [6, 6.07) is 7.35. The average Bonchev–Trinajstić information content (AvgIpc) is 2.88. The van der Waals surface area contributed by atoms with Gasteiger partial charge in [0.25, 0.3) is 5.91 Å². The van der Waals surface area contributed by atoms with Gasteiger partial charge in [0.2, 0.25) is 0 Å². The van der Waals surface area contributed by atoms with E-state index in [-0.39, 0.29) is 12.0 Å². The molecule has 2 unspecified atom stereocenters. The molecule has 39 heavy (non-hydrogen) atoms. The van der Waals surface area contributed by atoms with Crippen molar-refractivity contribution in [2.45, 2.75) is 37.5 Å². The maximum absolute atomic E-state index is 14.9. The summed E-state index contributed by atoms with van der Waals surface area (Å²) in [5.74, 6) is -5.14. The number of alkyl halides is 3. The highest BCUT2D eigenvalue weighted by atomic mass is 79.9. The number of amides is 1. The lowest BCUT2D eigenvalue weighted by Crippen LogP contribution is -2.43. The lowest BCUT2D eigenvalue weighted by molar-refractivity contribution is -0.144. The van der Waals surface area contributed by atoms with Gasteiger partial charge in [0, 0.05) is 12.1 Å². The lowest BCUT2D eigenvalue weighted by Gasteiger charge is -2.24. The highest BCUT2D eigenvalue weighted by Gasteiger charge is 2.41. The van der Waals surface area contributed by atoms with Gasteiger partial charge in [-0.1, -0.05) is 36.4 Å². The fraction of sp³-hybridized carbons (Fsp3) is 0.259. The van der Waals surface area contributed by atoms with Crippen LogP contribution in [0.3, 0.4) is 0 Å². The number of aliphatic carboxylic acids is 1. The lowest BCUT2D eigenvalue weighted by atomic mass is 9.95. The van der Waals surface area contributed by atoms with Crippen molar-refractivity contribution >= 4 is 33.5 Å². The average molecular weight is 613 g/mol. The molecular formula is C27H22BrF5N2O4. The molecule has 0 bridgehead atoms. The Balaban J connectivity index is 1.56. The number of rotatable bonds is 8. The summed E-state index contributed by atoms with van der Waals surface area (Å²) in [5, 5.41) is 13.9. The molecule has 0 radical (unpaired) electrons. The Morgan fingerprint density at radius 1 is 1.05 bits per heavy atom. The van der Waals surface area contributed by atoms with Crippen molar-refractivity contribution in [3.8, 4) is 5.75 Å². The molecule has 0 aliphatic carbocycles. The summed E-state index contributed by atoms with van der Waals surface area (Å²) < 4.78 is 77.0. The van der Waals surface area contributed by atoms with Gasteiger partial charge >= 0.3 is 12.1 Å². The van der Waals surface area contributed by atoms with Gasteiger partial charge in [-0.3, -0.25) is 4.79 Å². The first-order chi connectivity index (χ1) is 18.5. The minimum Gasteiger partial charge on any atom is -0.492 e. The number of carbonyl (C=O) groups excluding carboxylic acids is 1. The van der Waals surface area contributed by atoms with Gasteiger partial charge in [0.1, 0.15) is 35.0 Å². The number of hydrogen-bond acceptors (Lipinski definition) is 4. The van der Waals surface area contributed by atoms with Crippen LogP contribution < -0.4 is 15.4 Å². The third-order valence-corrected chi connectivity index (χ3v) is 6.82. The second kappa shape index (κ2) is 11.6. The van der Waals surface area contributed by atoms with Crippen molar-refractivity contribution in [3.63, 3.8) is 0 Å². The summed E-state index contributed by atoms with van der Waals surface area (Å²) in [5.41, 5.74) is -0.501. The number of ether oxygens (including phenoxy) is 1. The number of carbonyl (C=O) groups is 2. The number of carboxylic acid groups (broad SMARTS) is 1. The Morgan fingerprint density at radius 2 is 1.72 bits per heavy atom. The highest BCUT2D eigenvalue weighted by molar-refractivity contribution is 9.10. The van der Waals surface area contributed by atoms with Crippen LogP contribution >= 0.6 is 15.9 Å². The van der Waals surface area contributed by atoms with Gasteiger partial charge < -0.3 is 20.5 Å². The van der Waals surface area contributed by atoms with Gasteiger partial charge in [0.05, 0.1) is 11.1 Å². The van der Waals surface area contributed by atoms with E-state index >= 15 is 0 Å². The number of halogens is 6. The Hall–Kier alpha value is -3.67. The fourth-order valence-electron chi connectivity index (χ4n) is 4.37. The van der Waals surface area contributed by atoms with Crippen molar-refractivity contribution in [1.29, 1.82) is 0 Å². The standard InChI is InChI=1S/C27H22BrF5N2O4/c28-18-9-8-15(17-7-4-10-39-23(17)18)11-21(26(37)38)35-25(36)22-19(29)12-16(13-20(22)30)34-24(27(31,32)33)14-5-2-1-3-6-14/h1-3,5-6,8-9,12-13,21,24,34H,4,7,10-11H2,(H,35,36)(H,37,38). The third-order valence-electron chi connectivity index (χ3n) is 6.19. The molecule has 3 N–H and O–H groups in total. The van der Waals surface area contributed by atoms with Crippen LogP contribution in [0.25, 0.3) is 0 Å². The highest BCUT2D eigenvalue weighted by Crippen LogP contribution is 2.37. The number of fused-ring (bicyclic) bond motifs is 1. The van der Waals surface area contributed by atoms with E-state index in [4.69, 9.17) is 4.74 Å². The summed E-state index contributed by atoms with van der Waals surface area (Å²) in [6.45, 7) is 0.493. The molecule has 2 atom stereocenters. The molecule has 206 valence electrons. The second-order valence-electron chi connectivity index (χ2n) is 8.88. The minimum absolute atomic E-state index is 0.183. The van der Waals surface area contributed by atoms with E-state index in [1.165, 1.54) is 30.3 Å². The normalized spacial score (nSPS) is 14.5. The van der Waals surface area contributed by atoms with Crippen LogP contribution in [-0.2, 0) is 17.6 Å². The van der Waals surface area contributed by atoms with Crippen LogP contribution in [0.1, 0.15) is 39.5 Å². The number of benzene rings is 3. The number of hydrogen-bond donors (Lipinski definition) is 3. The minimum atomic E-state index is -4.80. The Morgan fingerprint density at radius 3 is 2.33 bits per heavy atom.